The predicted octanol–water partition coefficient (Wildman–Crippen LogP) is -1.50. The summed E-state index contributed by atoms with van der Waals surface area (Å²) in [6.45, 7) is -0.393. The molecule has 4 N–H and O–H groups in total. The predicted molar refractivity (Wildman–Crippen MR) is 34.7 cm³/mol. The second kappa shape index (κ2) is 3.08. The van der Waals surface area contributed by atoms with Gasteiger partial charge in [-0.3, -0.25) is 0 Å². The lowest BCUT2D eigenvalue weighted by Gasteiger charge is -2.09. The smallest absolute Gasteiger partial charge is 0.162 e. The van der Waals surface area contributed by atoms with Gasteiger partial charge in [-0.15, -0.1) is 0 Å². The Morgan fingerprint density at radius 3 is 2.36 bits per heavy atom. The summed E-state index contributed by atoms with van der Waals surface area (Å²) in [6, 6.07) is 0. The summed E-state index contributed by atoms with van der Waals surface area (Å²) < 4.78 is 4.75. The number of aliphatic hydroxyl groups is 4. The van der Waals surface area contributed by atoms with Crippen molar-refractivity contribution in [2.75, 3.05) is 6.61 Å². The first-order valence-electron chi connectivity index (χ1n) is 3.18. The van der Waals surface area contributed by atoms with Crippen LogP contribution in [0, 0.1) is 0 Å². The average Bonchev–Trinajstić information content (AvgIpc) is 2.30. The third-order valence-electron chi connectivity index (χ3n) is 1.59. The molecule has 5 nitrogen and oxygen atoms in total. The minimum atomic E-state index is -1.24. The summed E-state index contributed by atoms with van der Waals surface area (Å²) in [6.07, 6.45) is -2.68. The minimum absolute atomic E-state index is 0.114. The van der Waals surface area contributed by atoms with E-state index in [2.05, 4.69) is 0 Å². The van der Waals surface area contributed by atoms with Crippen molar-refractivity contribution in [3.05, 3.63) is 12.0 Å². The van der Waals surface area contributed by atoms with Gasteiger partial charge in [0.05, 0.1) is 6.61 Å². The van der Waals surface area contributed by atoms with Crippen LogP contribution in [0.5, 0.6) is 0 Å². The molecule has 1 aliphatic heterocycles. The van der Waals surface area contributed by atoms with Gasteiger partial charge in [-0.25, -0.2) is 0 Å². The Hall–Kier alpha value is -0.780. The van der Waals surface area contributed by atoms with Crippen molar-refractivity contribution in [2.24, 2.45) is 0 Å². The lowest BCUT2D eigenvalue weighted by atomic mass is 10.1. The number of hydrogen-bond acceptors (Lipinski definition) is 5. The number of hydrogen-bond donors (Lipinski definition) is 4. The summed E-state index contributed by atoms with van der Waals surface area (Å²) in [7, 11) is 0. The van der Waals surface area contributed by atoms with Gasteiger partial charge in [0.2, 0.25) is 0 Å². The molecule has 1 aliphatic rings. The van der Waals surface area contributed by atoms with Crippen LogP contribution in [0.3, 0.4) is 0 Å². The van der Waals surface area contributed by atoms with Gasteiger partial charge in [0.25, 0.3) is 0 Å². The van der Waals surface area contributed by atoms with Gasteiger partial charge in [0.15, 0.2) is 11.9 Å². The maximum atomic E-state index is 9.07. The molecule has 1 fully saturated rings. The standard InChI is InChI=1S/C6H10O5/c7-1-3-5(9)6(10)4(2-8)11-3/h1,4-10H,2H2/b3-1-/t4-,5-,6-/m1/s1. The third kappa shape index (κ3) is 1.30. The summed E-state index contributed by atoms with van der Waals surface area (Å²) in [5.74, 6) is -0.114. The molecular weight excluding hydrogens is 152 g/mol. The van der Waals surface area contributed by atoms with Crippen LogP contribution in [-0.4, -0.2) is 45.3 Å². The molecule has 11 heavy (non-hydrogen) atoms. The molecule has 0 saturated carbocycles. The Morgan fingerprint density at radius 2 is 2.09 bits per heavy atom. The molecule has 0 amide bonds. The highest BCUT2D eigenvalue weighted by Gasteiger charge is 2.39. The van der Waals surface area contributed by atoms with Gasteiger partial charge >= 0.3 is 0 Å². The van der Waals surface area contributed by atoms with Crippen LogP contribution in [0.15, 0.2) is 12.0 Å². The molecule has 1 heterocycles. The van der Waals surface area contributed by atoms with Crippen LogP contribution in [-0.2, 0) is 4.74 Å². The quantitative estimate of drug-likeness (QED) is 0.352. The van der Waals surface area contributed by atoms with E-state index in [9.17, 15) is 0 Å². The van der Waals surface area contributed by atoms with Crippen molar-refractivity contribution in [2.45, 2.75) is 18.3 Å². The van der Waals surface area contributed by atoms with E-state index in [4.69, 9.17) is 25.2 Å². The lowest BCUT2D eigenvalue weighted by Crippen LogP contribution is -2.31. The molecule has 0 spiro atoms. The van der Waals surface area contributed by atoms with E-state index < -0.39 is 24.9 Å². The van der Waals surface area contributed by atoms with Crippen molar-refractivity contribution in [3.8, 4) is 0 Å². The van der Waals surface area contributed by atoms with Crippen molar-refractivity contribution in [1.29, 1.82) is 0 Å². The number of ether oxygens (including phenoxy) is 1. The molecule has 0 aliphatic carbocycles. The Bertz CT molecular complexity index is 166. The van der Waals surface area contributed by atoms with Gasteiger partial charge in [-0.2, -0.15) is 0 Å². The van der Waals surface area contributed by atoms with Crippen LogP contribution in [0.4, 0.5) is 0 Å². The van der Waals surface area contributed by atoms with Gasteiger partial charge in [-0.1, -0.05) is 0 Å². The Balaban J connectivity index is 2.68. The highest BCUT2D eigenvalue weighted by atomic mass is 16.5. The zero-order valence-corrected chi connectivity index (χ0v) is 5.71. The second-order valence-corrected chi connectivity index (χ2v) is 2.31. The molecule has 0 aromatic carbocycles. The topological polar surface area (TPSA) is 90.2 Å². The lowest BCUT2D eigenvalue weighted by molar-refractivity contribution is -0.00302. The average molecular weight is 162 g/mol. The molecule has 0 aromatic rings. The number of aliphatic hydroxyl groups excluding tert-OH is 4. The SMILES string of the molecule is O/C=C1\O[C@H](CO)[C@@H](O)[C@@H]1O. The Morgan fingerprint density at radius 1 is 1.45 bits per heavy atom. The second-order valence-electron chi connectivity index (χ2n) is 2.31. The highest BCUT2D eigenvalue weighted by molar-refractivity contribution is 5.07. The van der Waals surface area contributed by atoms with Crippen LogP contribution in [0.1, 0.15) is 0 Å². The van der Waals surface area contributed by atoms with Gasteiger partial charge in [0.1, 0.15) is 18.5 Å². The minimum Gasteiger partial charge on any atom is -0.512 e. The van der Waals surface area contributed by atoms with E-state index in [1.165, 1.54) is 0 Å². The van der Waals surface area contributed by atoms with Crippen molar-refractivity contribution in [1.82, 2.24) is 0 Å². The van der Waals surface area contributed by atoms with E-state index in [-0.39, 0.29) is 5.76 Å². The van der Waals surface area contributed by atoms with Crippen molar-refractivity contribution >= 4 is 0 Å². The number of rotatable bonds is 1. The maximum Gasteiger partial charge on any atom is 0.162 e. The van der Waals surface area contributed by atoms with Gasteiger partial charge in [-0.05, 0) is 0 Å². The molecule has 1 saturated heterocycles. The van der Waals surface area contributed by atoms with Crippen molar-refractivity contribution in [3.63, 3.8) is 0 Å². The molecule has 0 aromatic heterocycles. The van der Waals surface area contributed by atoms with E-state index in [1.807, 2.05) is 0 Å². The zero-order valence-electron chi connectivity index (χ0n) is 5.71. The van der Waals surface area contributed by atoms with Crippen LogP contribution in [0.2, 0.25) is 0 Å². The first-order valence-corrected chi connectivity index (χ1v) is 3.18. The molecule has 0 radical (unpaired) electrons. The van der Waals surface area contributed by atoms with Gasteiger partial charge < -0.3 is 25.2 Å². The summed E-state index contributed by atoms with van der Waals surface area (Å²) in [5.41, 5.74) is 0. The molecule has 3 atom stereocenters. The molecule has 5 heteroatoms. The molecule has 0 unspecified atom stereocenters. The molecule has 1 rings (SSSR count). The third-order valence-corrected chi connectivity index (χ3v) is 1.59. The fourth-order valence-corrected chi connectivity index (χ4v) is 0.938. The summed E-state index contributed by atoms with van der Waals surface area (Å²) >= 11 is 0. The summed E-state index contributed by atoms with van der Waals surface area (Å²) in [4.78, 5) is 0. The van der Waals surface area contributed by atoms with Crippen LogP contribution >= 0.6 is 0 Å². The first-order chi connectivity index (χ1) is 5.20. The molecule has 64 valence electrons. The molecular formula is C6H10O5. The first kappa shape index (κ1) is 8.32. The van der Waals surface area contributed by atoms with E-state index in [1.54, 1.807) is 0 Å². The zero-order chi connectivity index (χ0) is 8.43. The Labute approximate surface area is 63.2 Å². The Kier molecular flexibility index (Phi) is 2.33. The normalized spacial score (nSPS) is 41.0. The van der Waals surface area contributed by atoms with Crippen molar-refractivity contribution < 1.29 is 25.2 Å². The van der Waals surface area contributed by atoms with E-state index in [0.29, 0.717) is 6.26 Å². The van der Waals surface area contributed by atoms with E-state index >= 15 is 0 Å². The fraction of sp³-hybridized carbons (Fsp3) is 0.667. The van der Waals surface area contributed by atoms with Crippen LogP contribution < -0.4 is 0 Å². The molecule has 0 bridgehead atoms. The monoisotopic (exact) mass is 162 g/mol. The largest absolute Gasteiger partial charge is 0.512 e. The maximum absolute atomic E-state index is 9.07. The van der Waals surface area contributed by atoms with Crippen LogP contribution in [0.25, 0.3) is 0 Å². The summed E-state index contributed by atoms with van der Waals surface area (Å²) in [5, 5.41) is 35.1. The van der Waals surface area contributed by atoms with E-state index in [0.717, 1.165) is 0 Å². The van der Waals surface area contributed by atoms with Gasteiger partial charge in [0, 0.05) is 0 Å². The fourth-order valence-electron chi connectivity index (χ4n) is 0.938. The highest BCUT2D eigenvalue weighted by Crippen LogP contribution is 2.23.